The molecule has 3 atom stereocenters. The van der Waals surface area contributed by atoms with E-state index < -0.39 is 41.3 Å². The molecule has 12 nitrogen and oxygen atoms in total. The highest BCUT2D eigenvalue weighted by Crippen LogP contribution is 2.44. The molecule has 4 aliphatic heterocycles. The summed E-state index contributed by atoms with van der Waals surface area (Å²) in [7, 11) is 1.45. The molecule has 8 rings (SSSR count). The molecule has 2 aromatic heterocycles. The molecule has 4 aromatic rings. The minimum absolute atomic E-state index is 0.0632. The zero-order chi connectivity index (χ0) is 41.1. The lowest BCUT2D eigenvalue weighted by Gasteiger charge is -2.41. The predicted octanol–water partition coefficient (Wildman–Crippen LogP) is 6.98. The average Bonchev–Trinajstić information content (AvgIpc) is 3.65. The van der Waals surface area contributed by atoms with Gasteiger partial charge in [-0.05, 0) is 83.0 Å². The maximum atomic E-state index is 17.5. The largest absolute Gasteiger partial charge is 0.522 e. The van der Waals surface area contributed by atoms with Crippen LogP contribution in [-0.2, 0) is 20.6 Å². The number of piperazine rings is 1. The summed E-state index contributed by atoms with van der Waals surface area (Å²) in [6.45, 7) is 6.75. The van der Waals surface area contributed by atoms with Crippen molar-refractivity contribution < 1.29 is 50.4 Å². The van der Waals surface area contributed by atoms with Gasteiger partial charge in [0.2, 0.25) is 0 Å². The van der Waals surface area contributed by atoms with E-state index in [9.17, 15) is 18.0 Å². The summed E-state index contributed by atoms with van der Waals surface area (Å²) in [5, 5.41) is 1.07. The van der Waals surface area contributed by atoms with Crippen molar-refractivity contribution in [3.63, 3.8) is 0 Å². The van der Waals surface area contributed by atoms with Gasteiger partial charge in [0.05, 0.1) is 28.3 Å². The number of carbonyl (C=O) groups excluding carboxylic acids is 1. The number of aryl methyl sites for hydroxylation is 1. The third-order valence-corrected chi connectivity index (χ3v) is 11.3. The monoisotopic (exact) mass is 810 g/mol. The van der Waals surface area contributed by atoms with Crippen LogP contribution in [0.3, 0.4) is 0 Å². The van der Waals surface area contributed by atoms with Crippen LogP contribution in [0.5, 0.6) is 11.8 Å². The molecule has 0 radical (unpaired) electrons. The second kappa shape index (κ2) is 15.0. The summed E-state index contributed by atoms with van der Waals surface area (Å²) in [5.74, 6) is 1.53. The number of halogens is 5. The first-order valence-electron chi connectivity index (χ1n) is 19.2. The third-order valence-electron chi connectivity index (χ3n) is 11.3. The van der Waals surface area contributed by atoms with Crippen LogP contribution < -0.4 is 14.4 Å². The highest BCUT2D eigenvalue weighted by molar-refractivity contribution is 6.03. The van der Waals surface area contributed by atoms with Gasteiger partial charge in [0.25, 0.3) is 0 Å². The van der Waals surface area contributed by atoms with E-state index in [4.69, 9.17) is 35.3 Å². The zero-order valence-electron chi connectivity index (χ0n) is 32.5. The fourth-order valence-electron chi connectivity index (χ4n) is 8.90. The molecule has 1 amide bonds. The summed E-state index contributed by atoms with van der Waals surface area (Å²) in [6.07, 6.45) is 1.73. The van der Waals surface area contributed by atoms with E-state index in [1.54, 1.807) is 31.7 Å². The second-order valence-corrected chi connectivity index (χ2v) is 16.2. The number of fused-ring (bicyclic) bond motifs is 4. The highest BCUT2D eigenvalue weighted by Gasteiger charge is 2.52. The van der Waals surface area contributed by atoms with Gasteiger partial charge in [-0.3, -0.25) is 9.64 Å². The van der Waals surface area contributed by atoms with Gasteiger partial charge in [-0.15, -0.1) is 19.6 Å². The van der Waals surface area contributed by atoms with Gasteiger partial charge in [-0.1, -0.05) is 12.0 Å². The van der Waals surface area contributed by atoms with Crippen molar-refractivity contribution in [2.45, 2.75) is 82.5 Å². The Morgan fingerprint density at radius 3 is 2.59 bits per heavy atom. The van der Waals surface area contributed by atoms with E-state index in [0.29, 0.717) is 60.4 Å². The topological polar surface area (TPSA) is 112 Å². The lowest BCUT2D eigenvalue weighted by Crippen LogP contribution is -2.55. The maximum Gasteiger partial charge on any atom is 0.522 e. The van der Waals surface area contributed by atoms with Crippen LogP contribution in [-0.4, -0.2) is 114 Å². The third kappa shape index (κ3) is 7.53. The Bertz CT molecular complexity index is 2310. The first-order chi connectivity index (χ1) is 27.6. The van der Waals surface area contributed by atoms with Gasteiger partial charge in [-0.2, -0.15) is 9.97 Å². The molecule has 3 saturated heterocycles. The molecule has 0 N–H and O–H groups in total. The van der Waals surface area contributed by atoms with Gasteiger partial charge in [0, 0.05) is 50.3 Å². The maximum absolute atomic E-state index is 17.5. The van der Waals surface area contributed by atoms with Crippen molar-refractivity contribution in [2.24, 2.45) is 0 Å². The van der Waals surface area contributed by atoms with Crippen LogP contribution in [0.25, 0.3) is 32.9 Å². The Morgan fingerprint density at radius 1 is 1.03 bits per heavy atom. The lowest BCUT2D eigenvalue weighted by molar-refractivity contribution is -0.340. The average molecular weight is 811 g/mol. The molecular formula is C41H43F5N6O6. The predicted molar refractivity (Wildman–Crippen MR) is 202 cm³/mol. The van der Waals surface area contributed by atoms with E-state index in [1.165, 1.54) is 25.3 Å². The number of methoxy groups -OCH3 is 1. The van der Waals surface area contributed by atoms with Crippen LogP contribution in [0.1, 0.15) is 57.7 Å². The second-order valence-electron chi connectivity index (χ2n) is 16.2. The van der Waals surface area contributed by atoms with E-state index in [2.05, 4.69) is 15.6 Å². The number of nitrogens with zero attached hydrogens (tertiary/aromatic N) is 6. The summed E-state index contributed by atoms with van der Waals surface area (Å²) in [4.78, 5) is 33.2. The Hall–Kier alpha value is -5.05. The number of pyridine rings is 1. The number of benzene rings is 2. The minimum Gasteiger partial charge on any atom is -0.468 e. The summed E-state index contributed by atoms with van der Waals surface area (Å²) < 4.78 is 99.8. The smallest absolute Gasteiger partial charge is 0.468 e. The van der Waals surface area contributed by atoms with Crippen molar-refractivity contribution >= 4 is 33.6 Å². The molecule has 308 valence electrons. The number of alkyl halides is 3. The number of carbonyl (C=O) groups is 1. The number of hydrogen-bond acceptors (Lipinski definition) is 11. The number of aromatic nitrogens is 3. The Balaban J connectivity index is 1.25. The van der Waals surface area contributed by atoms with Crippen LogP contribution >= 0.6 is 0 Å². The van der Waals surface area contributed by atoms with Gasteiger partial charge in [0.15, 0.2) is 12.6 Å². The van der Waals surface area contributed by atoms with E-state index >= 15 is 8.78 Å². The van der Waals surface area contributed by atoms with Crippen molar-refractivity contribution in [1.29, 1.82) is 0 Å². The standard InChI is InChI=1S/C41H43F5N6O6/c1-6-27-29(42)10-8-23-16-25(56-22-54-5)17-28(31(23)27)34-33(43)35-32-30(47-34)11-9-24-19-50(38(53)58-39(2,3)4)14-15-52(24)36(32)49-37(48-35)55-21-40-12-7-13-51(40)20-26(18-40)57-41(44,45)46/h1,8,10,16-17,24,26H,7,9,11-15,18-22H2,2-5H3/t24-,26+,40?/m1/s1. The van der Waals surface area contributed by atoms with Crippen LogP contribution in [0.2, 0.25) is 0 Å². The van der Waals surface area contributed by atoms with Crippen molar-refractivity contribution in [3.8, 4) is 35.4 Å². The Labute approximate surface area is 331 Å². The van der Waals surface area contributed by atoms with Crippen molar-refractivity contribution in [1.82, 2.24) is 24.8 Å². The van der Waals surface area contributed by atoms with Crippen molar-refractivity contribution in [3.05, 3.63) is 47.2 Å². The molecular weight excluding hydrogens is 767 g/mol. The van der Waals surface area contributed by atoms with Crippen LogP contribution in [0.4, 0.5) is 32.6 Å². The first-order valence-corrected chi connectivity index (χ1v) is 19.2. The minimum atomic E-state index is -4.78. The summed E-state index contributed by atoms with van der Waals surface area (Å²) >= 11 is 0. The Kier molecular flexibility index (Phi) is 10.3. The zero-order valence-corrected chi connectivity index (χ0v) is 32.5. The molecule has 58 heavy (non-hydrogen) atoms. The Morgan fingerprint density at radius 2 is 1.84 bits per heavy atom. The molecule has 1 unspecified atom stereocenters. The van der Waals surface area contributed by atoms with Crippen LogP contribution in [0, 0.1) is 24.0 Å². The SMILES string of the molecule is C#Cc1c(F)ccc2cc(OCOC)cc(-c3nc4c5c(nc(OCC67CCCN6C[C@@H](OC(F)(F)F)C7)nc5c3F)N3CCN(C(=O)OC(C)(C)C)C[C@H]3CC4)c12. The molecule has 2 aromatic carbocycles. The van der Waals surface area contributed by atoms with Gasteiger partial charge >= 0.3 is 18.5 Å². The molecule has 17 heteroatoms. The quantitative estimate of drug-likeness (QED) is 0.104. The number of terminal acetylenes is 1. The van der Waals surface area contributed by atoms with Crippen molar-refractivity contribution in [2.75, 3.05) is 58.1 Å². The number of hydrogen-bond donors (Lipinski definition) is 0. The van der Waals surface area contributed by atoms with E-state index in [1.807, 2.05) is 9.80 Å². The van der Waals surface area contributed by atoms with Gasteiger partial charge in [0.1, 0.15) is 40.8 Å². The van der Waals surface area contributed by atoms with E-state index in [0.717, 1.165) is 6.42 Å². The molecule has 4 aliphatic rings. The molecule has 3 fully saturated rings. The highest BCUT2D eigenvalue weighted by atomic mass is 19.4. The number of anilines is 1. The van der Waals surface area contributed by atoms with Crippen LogP contribution in [0.15, 0.2) is 24.3 Å². The number of amides is 1. The first kappa shape index (κ1) is 39.8. The molecule has 0 bridgehead atoms. The van der Waals surface area contributed by atoms with Gasteiger partial charge in [-0.25, -0.2) is 18.6 Å². The number of ether oxygens (including phenoxy) is 5. The molecule has 0 spiro atoms. The summed E-state index contributed by atoms with van der Waals surface area (Å²) in [5.41, 5.74) is -1.22. The van der Waals surface area contributed by atoms with Gasteiger partial charge < -0.3 is 28.7 Å². The fourth-order valence-corrected chi connectivity index (χ4v) is 8.90. The molecule has 0 saturated carbocycles. The fraction of sp³-hybridized carbons (Fsp3) is 0.512. The molecule has 0 aliphatic carbocycles. The number of rotatable bonds is 8. The summed E-state index contributed by atoms with van der Waals surface area (Å²) in [6, 6.07) is 5.44. The van der Waals surface area contributed by atoms with E-state index in [-0.39, 0.29) is 79.2 Å². The normalized spacial score (nSPS) is 22.1. The molecule has 6 heterocycles. The lowest BCUT2D eigenvalue weighted by atomic mass is 9.94.